The van der Waals surface area contributed by atoms with Crippen LogP contribution in [0.15, 0.2) is 36.4 Å². The van der Waals surface area contributed by atoms with Gasteiger partial charge in [0.05, 0.1) is 7.11 Å². The third-order valence-corrected chi connectivity index (χ3v) is 2.75. The first-order valence-corrected chi connectivity index (χ1v) is 5.56. The van der Waals surface area contributed by atoms with E-state index in [4.69, 9.17) is 4.74 Å². The fraction of sp³-hybridized carbons (Fsp3) is 0.200. The van der Waals surface area contributed by atoms with Crippen molar-refractivity contribution >= 4 is 0 Å². The van der Waals surface area contributed by atoms with E-state index in [0.29, 0.717) is 5.75 Å². The summed E-state index contributed by atoms with van der Waals surface area (Å²) in [6.45, 7) is 4.10. The Morgan fingerprint density at radius 3 is 2.24 bits per heavy atom. The molecule has 0 radical (unpaired) electrons. The second-order valence-electron chi connectivity index (χ2n) is 4.23. The zero-order valence-electron chi connectivity index (χ0n) is 10.3. The van der Waals surface area contributed by atoms with Crippen molar-refractivity contribution in [2.45, 2.75) is 13.8 Å². The lowest BCUT2D eigenvalue weighted by Gasteiger charge is -2.10. The zero-order valence-corrected chi connectivity index (χ0v) is 10.3. The predicted molar refractivity (Wildman–Crippen MR) is 69.6 cm³/mol. The fourth-order valence-corrected chi connectivity index (χ4v) is 2.05. The summed E-state index contributed by atoms with van der Waals surface area (Å²) in [5, 5.41) is 10.1. The molecule has 0 bridgehead atoms. The first-order chi connectivity index (χ1) is 8.11. The van der Waals surface area contributed by atoms with Gasteiger partial charge in [-0.05, 0) is 25.5 Å². The molecule has 0 saturated carbocycles. The molecule has 0 heterocycles. The minimum absolute atomic E-state index is 0.194. The Balaban J connectivity index is 2.60. The summed E-state index contributed by atoms with van der Waals surface area (Å²) in [4.78, 5) is 0. The number of aryl methyl sites for hydroxylation is 2. The van der Waals surface area contributed by atoms with Crippen LogP contribution in [0.1, 0.15) is 11.1 Å². The number of phenolic OH excluding ortho intramolecular Hbond substituents is 1. The van der Waals surface area contributed by atoms with Crippen LogP contribution in [0.2, 0.25) is 0 Å². The van der Waals surface area contributed by atoms with Crippen molar-refractivity contribution in [3.8, 4) is 22.6 Å². The quantitative estimate of drug-likeness (QED) is 0.849. The number of aromatic hydroxyl groups is 1. The van der Waals surface area contributed by atoms with Gasteiger partial charge in [0.1, 0.15) is 0 Å². The lowest BCUT2D eigenvalue weighted by molar-refractivity contribution is 0.374. The smallest absolute Gasteiger partial charge is 0.165 e. The number of rotatable bonds is 2. The fourth-order valence-electron chi connectivity index (χ4n) is 2.05. The van der Waals surface area contributed by atoms with Gasteiger partial charge in [-0.2, -0.15) is 0 Å². The molecule has 0 unspecified atom stereocenters. The van der Waals surface area contributed by atoms with Crippen molar-refractivity contribution in [2.75, 3.05) is 7.11 Å². The first kappa shape index (κ1) is 11.5. The molecule has 2 aromatic carbocycles. The van der Waals surface area contributed by atoms with Crippen LogP contribution in [0.25, 0.3) is 11.1 Å². The van der Waals surface area contributed by atoms with Gasteiger partial charge in [-0.25, -0.2) is 0 Å². The second-order valence-corrected chi connectivity index (χ2v) is 4.23. The highest BCUT2D eigenvalue weighted by Crippen LogP contribution is 2.37. The van der Waals surface area contributed by atoms with Crippen molar-refractivity contribution < 1.29 is 9.84 Å². The van der Waals surface area contributed by atoms with Crippen molar-refractivity contribution in [1.29, 1.82) is 0 Å². The average molecular weight is 228 g/mol. The molecule has 1 N–H and O–H groups in total. The van der Waals surface area contributed by atoms with E-state index < -0.39 is 0 Å². The van der Waals surface area contributed by atoms with Gasteiger partial charge in [0, 0.05) is 5.56 Å². The summed E-state index contributed by atoms with van der Waals surface area (Å²) < 4.78 is 5.12. The molecular weight excluding hydrogens is 212 g/mol. The summed E-state index contributed by atoms with van der Waals surface area (Å²) >= 11 is 0. The van der Waals surface area contributed by atoms with E-state index in [9.17, 15) is 5.11 Å². The summed E-state index contributed by atoms with van der Waals surface area (Å²) in [7, 11) is 1.56. The molecule has 0 aliphatic rings. The van der Waals surface area contributed by atoms with Crippen molar-refractivity contribution in [3.63, 3.8) is 0 Å². The molecule has 0 atom stereocenters. The van der Waals surface area contributed by atoms with Gasteiger partial charge in [0.25, 0.3) is 0 Å². The van der Waals surface area contributed by atoms with Crippen LogP contribution in [0, 0.1) is 13.8 Å². The normalized spacial score (nSPS) is 10.3. The number of benzene rings is 2. The number of methoxy groups -OCH3 is 1. The molecule has 0 aliphatic carbocycles. The summed E-state index contributed by atoms with van der Waals surface area (Å²) in [5.74, 6) is 0.696. The van der Waals surface area contributed by atoms with E-state index in [1.165, 1.54) is 11.1 Å². The second kappa shape index (κ2) is 4.50. The summed E-state index contributed by atoms with van der Waals surface area (Å²) in [6.07, 6.45) is 0. The predicted octanol–water partition coefficient (Wildman–Crippen LogP) is 3.68. The Hall–Kier alpha value is -1.96. The van der Waals surface area contributed by atoms with Gasteiger partial charge in [-0.3, -0.25) is 0 Å². The van der Waals surface area contributed by atoms with Crippen LogP contribution in [0.5, 0.6) is 11.5 Å². The van der Waals surface area contributed by atoms with Crippen LogP contribution in [-0.2, 0) is 0 Å². The lowest BCUT2D eigenvalue weighted by Crippen LogP contribution is -1.87. The van der Waals surface area contributed by atoms with Crippen molar-refractivity contribution in [2.24, 2.45) is 0 Å². The van der Waals surface area contributed by atoms with Gasteiger partial charge in [-0.1, -0.05) is 41.5 Å². The highest BCUT2D eigenvalue weighted by atomic mass is 16.5. The molecule has 0 fully saturated rings. The molecule has 2 rings (SSSR count). The monoisotopic (exact) mass is 228 g/mol. The van der Waals surface area contributed by atoms with Gasteiger partial charge < -0.3 is 9.84 Å². The Morgan fingerprint density at radius 1 is 1.00 bits per heavy atom. The van der Waals surface area contributed by atoms with E-state index >= 15 is 0 Å². The first-order valence-electron chi connectivity index (χ1n) is 5.56. The Morgan fingerprint density at radius 2 is 1.65 bits per heavy atom. The van der Waals surface area contributed by atoms with E-state index in [2.05, 4.69) is 18.2 Å². The van der Waals surface area contributed by atoms with Crippen LogP contribution in [0.4, 0.5) is 0 Å². The maximum Gasteiger partial charge on any atom is 0.165 e. The van der Waals surface area contributed by atoms with Gasteiger partial charge >= 0.3 is 0 Å². The molecule has 88 valence electrons. The van der Waals surface area contributed by atoms with Crippen LogP contribution in [0.3, 0.4) is 0 Å². The van der Waals surface area contributed by atoms with Crippen LogP contribution in [-0.4, -0.2) is 12.2 Å². The Labute approximate surface area is 101 Å². The van der Waals surface area contributed by atoms with E-state index in [1.54, 1.807) is 13.2 Å². The minimum atomic E-state index is 0.194. The topological polar surface area (TPSA) is 29.5 Å². The minimum Gasteiger partial charge on any atom is -0.504 e. The molecular formula is C15H16O2. The van der Waals surface area contributed by atoms with Gasteiger partial charge in [-0.15, -0.1) is 0 Å². The maximum absolute atomic E-state index is 10.1. The number of hydrogen-bond acceptors (Lipinski definition) is 2. The third-order valence-electron chi connectivity index (χ3n) is 2.75. The molecule has 0 spiro atoms. The van der Waals surface area contributed by atoms with E-state index in [1.807, 2.05) is 26.0 Å². The number of ether oxygens (including phenoxy) is 1. The molecule has 0 saturated heterocycles. The SMILES string of the molecule is COc1cccc(-c2cc(C)cc(C)c2)c1O. The largest absolute Gasteiger partial charge is 0.504 e. The summed E-state index contributed by atoms with van der Waals surface area (Å²) in [6, 6.07) is 11.8. The molecule has 0 amide bonds. The standard InChI is InChI=1S/C15H16O2/c1-10-7-11(2)9-12(8-10)13-5-4-6-14(17-3)15(13)16/h4-9,16H,1-3H3. The lowest BCUT2D eigenvalue weighted by atomic mass is 10.00. The van der Waals surface area contributed by atoms with Crippen LogP contribution < -0.4 is 4.74 Å². The number of para-hydroxylation sites is 1. The number of phenols is 1. The molecule has 2 nitrogen and oxygen atoms in total. The zero-order chi connectivity index (χ0) is 12.4. The highest BCUT2D eigenvalue weighted by molar-refractivity contribution is 5.74. The molecule has 2 aromatic rings. The Kier molecular flexibility index (Phi) is 3.05. The maximum atomic E-state index is 10.1. The molecule has 0 aromatic heterocycles. The molecule has 0 aliphatic heterocycles. The van der Waals surface area contributed by atoms with Crippen LogP contribution >= 0.6 is 0 Å². The molecule has 17 heavy (non-hydrogen) atoms. The highest BCUT2D eigenvalue weighted by Gasteiger charge is 2.09. The molecule has 2 heteroatoms. The van der Waals surface area contributed by atoms with Gasteiger partial charge in [0.15, 0.2) is 11.5 Å². The van der Waals surface area contributed by atoms with E-state index in [-0.39, 0.29) is 5.75 Å². The average Bonchev–Trinajstić information content (AvgIpc) is 2.28. The third kappa shape index (κ3) is 2.26. The Bertz CT molecular complexity index is 524. The van der Waals surface area contributed by atoms with E-state index in [0.717, 1.165) is 11.1 Å². The number of hydrogen-bond donors (Lipinski definition) is 1. The van der Waals surface area contributed by atoms with Crippen molar-refractivity contribution in [3.05, 3.63) is 47.5 Å². The van der Waals surface area contributed by atoms with Gasteiger partial charge in [0.2, 0.25) is 0 Å². The van der Waals surface area contributed by atoms with Crippen molar-refractivity contribution in [1.82, 2.24) is 0 Å². The summed E-state index contributed by atoms with van der Waals surface area (Å²) in [5.41, 5.74) is 4.18.